The van der Waals surface area contributed by atoms with E-state index in [4.69, 9.17) is 34.3 Å². The van der Waals surface area contributed by atoms with Crippen LogP contribution >= 0.6 is 11.3 Å². The molecule has 0 aromatic carbocycles. The summed E-state index contributed by atoms with van der Waals surface area (Å²) < 4.78 is 32.2. The summed E-state index contributed by atoms with van der Waals surface area (Å²) in [5.74, 6) is -4.63. The van der Waals surface area contributed by atoms with Crippen LogP contribution in [0, 0.1) is 17.8 Å². The average Bonchev–Trinajstić information content (AvgIpc) is 3.63. The number of aliphatic imine (C=N–C) groups is 1. The van der Waals surface area contributed by atoms with Crippen LogP contribution < -0.4 is 5.73 Å². The van der Waals surface area contributed by atoms with E-state index in [2.05, 4.69) is 25.3 Å². The molecule has 3 saturated heterocycles. The molecule has 3 fully saturated rings. The maximum Gasteiger partial charge on any atom is 0.316 e. The summed E-state index contributed by atoms with van der Waals surface area (Å²) in [6.07, 6.45) is -3.55. The van der Waals surface area contributed by atoms with Crippen molar-refractivity contribution in [1.29, 1.82) is 0 Å². The first kappa shape index (κ1) is 47.2. The quantitative estimate of drug-likeness (QED) is 0.196. The van der Waals surface area contributed by atoms with Crippen LogP contribution in [0.15, 0.2) is 28.5 Å². The molecular weight excluding hydrogens is 799 g/mol. The molecule has 5 rings (SSSR count). The summed E-state index contributed by atoms with van der Waals surface area (Å²) in [5.41, 5.74) is 4.45. The molecule has 0 aliphatic carbocycles. The van der Waals surface area contributed by atoms with E-state index in [0.717, 1.165) is 5.56 Å². The molecule has 5 heterocycles. The average molecular weight is 860 g/mol. The lowest BCUT2D eigenvalue weighted by atomic mass is 9.76. The first-order valence-corrected chi connectivity index (χ1v) is 21.2. The highest BCUT2D eigenvalue weighted by Gasteiger charge is 2.51. The molecule has 332 valence electrons. The van der Waals surface area contributed by atoms with Crippen LogP contribution in [0.5, 0.6) is 0 Å². The van der Waals surface area contributed by atoms with Gasteiger partial charge in [-0.25, -0.2) is 4.99 Å². The lowest BCUT2D eigenvalue weighted by Gasteiger charge is -2.47. The van der Waals surface area contributed by atoms with Crippen LogP contribution in [-0.4, -0.2) is 141 Å². The molecule has 2 bridgehead atoms. The SMILES string of the molecule is CC[C@@H]1OC(=O)[C@H](C)C(=O)[C@H](C)[C@@H](O[C@@H]2O[C@H](C)C[C@H](N(C)C)[C@H]2O)[C@@]2(C)C[C@@H](C)C(=NC(C)=O)C[C@H](OC/C(=N/OCc3ccc(-c4nnc(N)s4)cn3)CO2)[C@]1(C)O. The van der Waals surface area contributed by atoms with Gasteiger partial charge in [0.15, 0.2) is 23.7 Å². The number of pyridine rings is 1. The van der Waals surface area contributed by atoms with Gasteiger partial charge in [-0.2, -0.15) is 0 Å². The Kier molecular flexibility index (Phi) is 15.7. The summed E-state index contributed by atoms with van der Waals surface area (Å²) in [5, 5.41) is 37.2. The summed E-state index contributed by atoms with van der Waals surface area (Å²) in [7, 11) is 3.72. The minimum Gasteiger partial charge on any atom is -0.459 e. The van der Waals surface area contributed by atoms with Crippen molar-refractivity contribution < 1.29 is 53.1 Å². The molecule has 0 unspecified atom stereocenters. The van der Waals surface area contributed by atoms with Gasteiger partial charge in [-0.05, 0) is 79.1 Å². The Bertz CT molecular complexity index is 1870. The van der Waals surface area contributed by atoms with Gasteiger partial charge in [-0.1, -0.05) is 37.3 Å². The fourth-order valence-corrected chi connectivity index (χ4v) is 8.80. The maximum atomic E-state index is 14.5. The Hall–Kier alpha value is -3.82. The van der Waals surface area contributed by atoms with Gasteiger partial charge in [-0.15, -0.1) is 10.2 Å². The predicted molar refractivity (Wildman–Crippen MR) is 222 cm³/mol. The number of hydrogen-bond acceptors (Lipinski definition) is 18. The van der Waals surface area contributed by atoms with Crippen LogP contribution in [0.2, 0.25) is 0 Å². The van der Waals surface area contributed by atoms with Crippen LogP contribution in [0.1, 0.15) is 86.8 Å². The Morgan fingerprint density at radius 2 is 1.87 bits per heavy atom. The van der Waals surface area contributed by atoms with Crippen LogP contribution in [0.4, 0.5) is 5.13 Å². The third-order valence-corrected chi connectivity index (χ3v) is 12.5. The van der Waals surface area contributed by atoms with E-state index in [0.29, 0.717) is 28.0 Å². The second-order valence-corrected chi connectivity index (χ2v) is 17.9. The zero-order valence-electron chi connectivity index (χ0n) is 36.2. The number of amides is 1. The molecule has 2 aromatic heterocycles. The Morgan fingerprint density at radius 3 is 2.48 bits per heavy atom. The molecule has 12 atom stereocenters. The number of carbonyl (C=O) groups is 3. The number of nitrogens with two attached hydrogens (primary N) is 1. The van der Waals surface area contributed by atoms with Crippen molar-refractivity contribution in [3.63, 3.8) is 0 Å². The number of rotatable bonds is 8. The van der Waals surface area contributed by atoms with Crippen LogP contribution in [0.3, 0.4) is 0 Å². The number of ketones is 1. The standard InChI is InChI=1S/C41H61N7O11S/c1-11-31-41(8,53)32-15-29(44-25(6)49)21(2)16-40(7,55-19-28(18-54-32)47-56-20-27-13-12-26(17-43-27)36-45-46-39(42)60-36)35(23(4)33(50)24(5)37(52)58-31)59-38-34(51)30(48(9)10)14-22(3)57-38/h12-13,17,21-24,30-32,34-35,38,51,53H,11,14-16,18-20H2,1-10H3,(H2,42,46)/b44-29?,47-28-/t21-,22-,23+,24-,30+,31+,32+,34-,35-,38+,40-,41-/m1/s1. The molecule has 2 aromatic rings. The first-order chi connectivity index (χ1) is 28.2. The van der Waals surface area contributed by atoms with Crippen LogP contribution in [-0.2, 0) is 49.5 Å². The summed E-state index contributed by atoms with van der Waals surface area (Å²) in [6, 6.07) is 3.25. The normalized spacial score (nSPS) is 36.4. The number of hydrogen-bond donors (Lipinski definition) is 3. The highest BCUT2D eigenvalue weighted by Crippen LogP contribution is 2.39. The fourth-order valence-electron chi connectivity index (χ4n) is 8.20. The highest BCUT2D eigenvalue weighted by atomic mass is 32.1. The number of fused-ring (bicyclic) bond motifs is 5. The number of esters is 1. The number of oxime groups is 1. The van der Waals surface area contributed by atoms with Crippen molar-refractivity contribution in [3.05, 3.63) is 24.0 Å². The number of aromatic nitrogens is 3. The zero-order valence-corrected chi connectivity index (χ0v) is 37.0. The van der Waals surface area contributed by atoms with Gasteiger partial charge in [0.25, 0.3) is 0 Å². The molecule has 1 amide bonds. The number of carbonyl (C=O) groups excluding carboxylic acids is 3. The largest absolute Gasteiger partial charge is 0.459 e. The lowest BCUT2D eigenvalue weighted by Crippen LogP contribution is -2.59. The van der Waals surface area contributed by atoms with Crippen molar-refractivity contribution in [1.82, 2.24) is 20.1 Å². The number of nitrogen functional groups attached to an aromatic ring is 1. The highest BCUT2D eigenvalue weighted by molar-refractivity contribution is 7.18. The summed E-state index contributed by atoms with van der Waals surface area (Å²) in [6.45, 7) is 12.7. The van der Waals surface area contributed by atoms with Gasteiger partial charge in [-0.3, -0.25) is 19.4 Å². The van der Waals surface area contributed by atoms with Gasteiger partial charge >= 0.3 is 5.97 Å². The van der Waals surface area contributed by atoms with E-state index in [1.807, 2.05) is 38.9 Å². The number of nitrogens with zero attached hydrogens (tertiary/aromatic N) is 6. The number of anilines is 1. The van der Waals surface area contributed by atoms with E-state index >= 15 is 0 Å². The minimum absolute atomic E-state index is 0.0297. The lowest BCUT2D eigenvalue weighted by molar-refractivity contribution is -0.296. The third-order valence-electron chi connectivity index (χ3n) is 11.7. The number of cyclic esters (lactones) is 1. The molecule has 4 N–H and O–H groups in total. The molecule has 3 aliphatic heterocycles. The monoisotopic (exact) mass is 859 g/mol. The topological polar surface area (TPSA) is 240 Å². The first-order valence-electron chi connectivity index (χ1n) is 20.4. The van der Waals surface area contributed by atoms with Crippen molar-refractivity contribution >= 4 is 45.6 Å². The van der Waals surface area contributed by atoms with E-state index in [9.17, 15) is 24.6 Å². The maximum absolute atomic E-state index is 14.5. The van der Waals surface area contributed by atoms with Gasteiger partial charge in [0.1, 0.15) is 29.4 Å². The van der Waals surface area contributed by atoms with Crippen molar-refractivity contribution in [2.45, 2.75) is 142 Å². The molecule has 0 radical (unpaired) electrons. The summed E-state index contributed by atoms with van der Waals surface area (Å²) in [4.78, 5) is 57.6. The second kappa shape index (κ2) is 19.9. The van der Waals surface area contributed by atoms with Crippen molar-refractivity contribution in [2.24, 2.45) is 27.9 Å². The number of Topliss-reactive ketones (excluding diaryl/α,β-unsaturated/α-hetero) is 1. The Labute approximate surface area is 355 Å². The number of aliphatic hydroxyl groups excluding tert-OH is 1. The third kappa shape index (κ3) is 11.2. The number of ether oxygens (including phenoxy) is 5. The van der Waals surface area contributed by atoms with E-state index < -0.39 is 77.3 Å². The number of likely N-dealkylation sites (N-methyl/N-ethyl adjacent to an activating group) is 1. The minimum atomic E-state index is -1.84. The molecule has 19 heteroatoms. The van der Waals surface area contributed by atoms with E-state index in [1.165, 1.54) is 32.1 Å². The van der Waals surface area contributed by atoms with E-state index in [-0.39, 0.29) is 56.9 Å². The second-order valence-electron chi connectivity index (χ2n) is 16.8. The number of aliphatic hydroxyl groups is 2. The smallest absolute Gasteiger partial charge is 0.316 e. The molecular formula is C41H61N7O11S. The van der Waals surface area contributed by atoms with Gasteiger partial charge in [0, 0.05) is 42.8 Å². The fraction of sp³-hybridized carbons (Fsp3) is 0.707. The van der Waals surface area contributed by atoms with Crippen molar-refractivity contribution in [2.75, 3.05) is 33.0 Å². The summed E-state index contributed by atoms with van der Waals surface area (Å²) >= 11 is 1.24. The van der Waals surface area contributed by atoms with Gasteiger partial charge in [0.2, 0.25) is 11.0 Å². The van der Waals surface area contributed by atoms with Gasteiger partial charge < -0.3 is 49.4 Å². The van der Waals surface area contributed by atoms with Crippen LogP contribution in [0.25, 0.3) is 10.6 Å². The molecule has 0 spiro atoms. The van der Waals surface area contributed by atoms with Gasteiger partial charge in [0.05, 0.1) is 42.8 Å². The Morgan fingerprint density at radius 1 is 1.13 bits per heavy atom. The molecule has 18 nitrogen and oxygen atoms in total. The molecule has 60 heavy (non-hydrogen) atoms. The van der Waals surface area contributed by atoms with Crippen molar-refractivity contribution in [3.8, 4) is 10.6 Å². The van der Waals surface area contributed by atoms with E-state index in [1.54, 1.807) is 33.0 Å². The predicted octanol–water partition coefficient (Wildman–Crippen LogP) is 3.37. The zero-order chi connectivity index (χ0) is 44.1. The molecule has 0 saturated carbocycles. The molecule has 3 aliphatic rings. The Balaban J connectivity index is 1.60.